The van der Waals surface area contributed by atoms with E-state index in [9.17, 15) is 4.79 Å². The lowest BCUT2D eigenvalue weighted by Gasteiger charge is -2.00. The van der Waals surface area contributed by atoms with E-state index < -0.39 is 6.03 Å². The lowest BCUT2D eigenvalue weighted by molar-refractivity contribution is 0.262. The molecular weight excluding hydrogens is 210 g/mol. The van der Waals surface area contributed by atoms with Gasteiger partial charge in [0.25, 0.3) is 0 Å². The first-order valence-corrected chi connectivity index (χ1v) is 4.59. The van der Waals surface area contributed by atoms with Gasteiger partial charge in [0.1, 0.15) is 6.33 Å². The van der Waals surface area contributed by atoms with E-state index in [1.807, 2.05) is 6.92 Å². The van der Waals surface area contributed by atoms with E-state index >= 15 is 0 Å². The van der Waals surface area contributed by atoms with Crippen LogP contribution in [0, 0.1) is 6.92 Å². The number of amides is 2. The molecule has 8 nitrogen and oxygen atoms in total. The standard InChI is InChI=1S/C8H11N7O/c1-5-3-6(14-15(5)2)11-8(16)12-7-9-4-10-13-7/h3-4H,1-2H3,(H3,9,10,11,12,13,14,16). The van der Waals surface area contributed by atoms with Crippen LogP contribution < -0.4 is 10.6 Å². The molecular formula is C8H11N7O. The molecule has 0 bridgehead atoms. The van der Waals surface area contributed by atoms with Crippen LogP contribution in [0.3, 0.4) is 0 Å². The Morgan fingerprint density at radius 2 is 2.31 bits per heavy atom. The molecule has 2 amide bonds. The average Bonchev–Trinajstić information content (AvgIpc) is 2.78. The van der Waals surface area contributed by atoms with Gasteiger partial charge in [-0.05, 0) is 6.92 Å². The molecule has 3 N–H and O–H groups in total. The second-order valence-corrected chi connectivity index (χ2v) is 3.21. The number of anilines is 2. The van der Waals surface area contributed by atoms with Crippen LogP contribution in [-0.2, 0) is 7.05 Å². The normalized spacial score (nSPS) is 10.1. The molecule has 8 heteroatoms. The molecule has 0 saturated carbocycles. The Labute approximate surface area is 91.1 Å². The van der Waals surface area contributed by atoms with Crippen LogP contribution >= 0.6 is 0 Å². The van der Waals surface area contributed by atoms with Crippen molar-refractivity contribution in [1.29, 1.82) is 0 Å². The van der Waals surface area contributed by atoms with Gasteiger partial charge in [-0.25, -0.2) is 9.89 Å². The van der Waals surface area contributed by atoms with Crippen molar-refractivity contribution in [3.63, 3.8) is 0 Å². The Morgan fingerprint density at radius 1 is 1.50 bits per heavy atom. The number of hydrogen-bond donors (Lipinski definition) is 3. The summed E-state index contributed by atoms with van der Waals surface area (Å²) in [6.07, 6.45) is 1.31. The van der Waals surface area contributed by atoms with Gasteiger partial charge >= 0.3 is 6.03 Å². The minimum atomic E-state index is -0.421. The molecule has 0 aromatic carbocycles. The van der Waals surface area contributed by atoms with E-state index in [1.54, 1.807) is 17.8 Å². The number of aromatic nitrogens is 5. The highest BCUT2D eigenvalue weighted by Crippen LogP contribution is 2.06. The topological polar surface area (TPSA) is 101 Å². The van der Waals surface area contributed by atoms with Gasteiger partial charge in [0.15, 0.2) is 5.82 Å². The highest BCUT2D eigenvalue weighted by atomic mass is 16.2. The van der Waals surface area contributed by atoms with Crippen molar-refractivity contribution < 1.29 is 4.79 Å². The Balaban J connectivity index is 1.97. The van der Waals surface area contributed by atoms with Gasteiger partial charge in [-0.2, -0.15) is 15.2 Å². The van der Waals surface area contributed by atoms with Crippen molar-refractivity contribution in [2.75, 3.05) is 10.6 Å². The minimum absolute atomic E-state index is 0.283. The molecule has 16 heavy (non-hydrogen) atoms. The molecule has 0 aliphatic carbocycles. The average molecular weight is 221 g/mol. The summed E-state index contributed by atoms with van der Waals surface area (Å²) in [5.41, 5.74) is 0.954. The number of nitrogens with zero attached hydrogens (tertiary/aromatic N) is 4. The van der Waals surface area contributed by atoms with Gasteiger partial charge < -0.3 is 0 Å². The number of hydrogen-bond acceptors (Lipinski definition) is 4. The van der Waals surface area contributed by atoms with Crippen molar-refractivity contribution >= 4 is 17.8 Å². The molecule has 2 heterocycles. The summed E-state index contributed by atoms with van der Waals surface area (Å²) >= 11 is 0. The Morgan fingerprint density at radius 3 is 2.88 bits per heavy atom. The van der Waals surface area contributed by atoms with Crippen molar-refractivity contribution in [1.82, 2.24) is 25.0 Å². The Bertz CT molecular complexity index is 467. The van der Waals surface area contributed by atoms with Crippen molar-refractivity contribution in [2.45, 2.75) is 6.92 Å². The SMILES string of the molecule is Cc1cc(NC(=O)Nc2ncn[nH]2)nn1C. The lowest BCUT2D eigenvalue weighted by atomic mass is 10.5. The molecule has 2 aromatic heterocycles. The predicted octanol–water partition coefficient (Wildman–Crippen LogP) is 0.491. The zero-order valence-corrected chi connectivity index (χ0v) is 8.85. The molecule has 0 fully saturated rings. The van der Waals surface area contributed by atoms with E-state index in [0.717, 1.165) is 5.69 Å². The maximum absolute atomic E-state index is 11.4. The quantitative estimate of drug-likeness (QED) is 0.687. The fraction of sp³-hybridized carbons (Fsp3) is 0.250. The number of aromatic amines is 1. The van der Waals surface area contributed by atoms with E-state index in [-0.39, 0.29) is 5.95 Å². The number of urea groups is 1. The number of aryl methyl sites for hydroxylation is 2. The van der Waals surface area contributed by atoms with Crippen LogP contribution in [0.5, 0.6) is 0 Å². The highest BCUT2D eigenvalue weighted by molar-refractivity contribution is 5.97. The van der Waals surface area contributed by atoms with Crippen LogP contribution in [-0.4, -0.2) is 31.0 Å². The Kier molecular flexibility index (Phi) is 2.54. The van der Waals surface area contributed by atoms with Crippen molar-refractivity contribution in [3.8, 4) is 0 Å². The zero-order valence-electron chi connectivity index (χ0n) is 8.85. The third-order valence-electron chi connectivity index (χ3n) is 2.00. The number of rotatable bonds is 2. The minimum Gasteiger partial charge on any atom is -0.291 e. The van der Waals surface area contributed by atoms with Gasteiger partial charge in [-0.3, -0.25) is 15.3 Å². The second-order valence-electron chi connectivity index (χ2n) is 3.21. The highest BCUT2D eigenvalue weighted by Gasteiger charge is 2.07. The molecule has 2 rings (SSSR count). The van der Waals surface area contributed by atoms with Crippen LogP contribution in [0.25, 0.3) is 0 Å². The van der Waals surface area contributed by atoms with Crippen LogP contribution in [0.4, 0.5) is 16.6 Å². The second kappa shape index (κ2) is 4.01. The van der Waals surface area contributed by atoms with Crippen LogP contribution in [0.1, 0.15) is 5.69 Å². The maximum Gasteiger partial charge on any atom is 0.327 e. The summed E-state index contributed by atoms with van der Waals surface area (Å²) in [5.74, 6) is 0.766. The lowest BCUT2D eigenvalue weighted by Crippen LogP contribution is -2.20. The first kappa shape index (κ1) is 10.1. The molecule has 0 aliphatic heterocycles. The van der Waals surface area contributed by atoms with Gasteiger partial charge in [0, 0.05) is 18.8 Å². The van der Waals surface area contributed by atoms with Crippen molar-refractivity contribution in [3.05, 3.63) is 18.1 Å². The first-order chi connectivity index (χ1) is 7.65. The summed E-state index contributed by atoms with van der Waals surface area (Å²) in [4.78, 5) is 15.2. The molecule has 0 atom stereocenters. The van der Waals surface area contributed by atoms with E-state index in [1.165, 1.54) is 6.33 Å². The van der Waals surface area contributed by atoms with E-state index in [4.69, 9.17) is 0 Å². The van der Waals surface area contributed by atoms with Crippen molar-refractivity contribution in [2.24, 2.45) is 7.05 Å². The number of carbonyl (C=O) groups excluding carboxylic acids is 1. The summed E-state index contributed by atoms with van der Waals surface area (Å²) in [6.45, 7) is 1.90. The number of nitrogens with one attached hydrogen (secondary N) is 3. The molecule has 2 aromatic rings. The molecule has 84 valence electrons. The molecule has 0 saturated heterocycles. The fourth-order valence-corrected chi connectivity index (χ4v) is 1.14. The molecule has 0 radical (unpaired) electrons. The summed E-state index contributed by atoms with van der Waals surface area (Å²) in [6, 6.07) is 1.34. The van der Waals surface area contributed by atoms with Gasteiger partial charge in [-0.15, -0.1) is 0 Å². The van der Waals surface area contributed by atoms with Gasteiger partial charge in [-0.1, -0.05) is 0 Å². The van der Waals surface area contributed by atoms with Crippen LogP contribution in [0.15, 0.2) is 12.4 Å². The summed E-state index contributed by atoms with van der Waals surface area (Å²) in [7, 11) is 1.80. The third-order valence-corrected chi connectivity index (χ3v) is 2.00. The Hall–Kier alpha value is -2.38. The third kappa shape index (κ3) is 2.16. The molecule has 0 aliphatic rings. The van der Waals surface area contributed by atoms with E-state index in [0.29, 0.717) is 5.82 Å². The number of H-pyrrole nitrogens is 1. The van der Waals surface area contributed by atoms with Gasteiger partial charge in [0.05, 0.1) is 0 Å². The monoisotopic (exact) mass is 221 g/mol. The fourth-order valence-electron chi connectivity index (χ4n) is 1.14. The summed E-state index contributed by atoms with van der Waals surface area (Å²) in [5, 5.41) is 15.2. The maximum atomic E-state index is 11.4. The predicted molar refractivity (Wildman–Crippen MR) is 57.0 cm³/mol. The smallest absolute Gasteiger partial charge is 0.291 e. The van der Waals surface area contributed by atoms with E-state index in [2.05, 4.69) is 30.9 Å². The summed E-state index contributed by atoms with van der Waals surface area (Å²) < 4.78 is 1.67. The largest absolute Gasteiger partial charge is 0.327 e. The van der Waals surface area contributed by atoms with Crippen LogP contribution in [0.2, 0.25) is 0 Å². The first-order valence-electron chi connectivity index (χ1n) is 4.59. The zero-order chi connectivity index (χ0) is 11.5. The number of carbonyl (C=O) groups is 1. The van der Waals surface area contributed by atoms with Gasteiger partial charge in [0.2, 0.25) is 5.95 Å². The molecule has 0 unspecified atom stereocenters. The molecule has 0 spiro atoms.